The number of unbranched alkanes of at least 4 members (excludes halogenated alkanes) is 12. The number of hydrogen-bond acceptors (Lipinski definition) is 12. The zero-order valence-electron chi connectivity index (χ0n) is 36.6. The highest BCUT2D eigenvalue weighted by atomic mass is 31.2. The monoisotopic (exact) mass is 846 g/mol. The number of quaternary nitrogens is 1. The summed E-state index contributed by atoms with van der Waals surface area (Å²) in [5, 5.41) is 31.3. The molecule has 0 heterocycles. The van der Waals surface area contributed by atoms with Crippen LogP contribution in [0.25, 0.3) is 0 Å². The lowest BCUT2D eigenvalue weighted by Gasteiger charge is -2.28. The SMILES string of the molecule is CCCCCC/C=C\CCCCCCCC(=O)O[C@H](COC(=O)CCCCC(=O)C[C@@H]1[C@@H](/C=C/[C@@H](O)CCCCC)[C@H](O)C[C@@H]1O)COP(=O)([O-])OCC[N+](C)(C)C. The number of carbonyl (C=O) groups excluding carboxylic acids is 3. The second-order valence-electron chi connectivity index (χ2n) is 17.0. The number of ether oxygens (including phenoxy) is 2. The minimum Gasteiger partial charge on any atom is -0.756 e. The first-order valence-electron chi connectivity index (χ1n) is 22.2. The maximum atomic E-state index is 12.8. The summed E-state index contributed by atoms with van der Waals surface area (Å²) < 4.78 is 33.7. The lowest BCUT2D eigenvalue weighted by atomic mass is 9.87. The minimum absolute atomic E-state index is 0.0101. The van der Waals surface area contributed by atoms with Crippen LogP contribution in [0.1, 0.15) is 155 Å². The first-order chi connectivity index (χ1) is 27.6. The van der Waals surface area contributed by atoms with Crippen LogP contribution in [0.4, 0.5) is 0 Å². The van der Waals surface area contributed by atoms with Crippen molar-refractivity contribution >= 4 is 25.5 Å². The molecular weight excluding hydrogens is 765 g/mol. The van der Waals surface area contributed by atoms with E-state index in [-0.39, 0.29) is 44.5 Å². The van der Waals surface area contributed by atoms with Gasteiger partial charge in [0.1, 0.15) is 25.5 Å². The van der Waals surface area contributed by atoms with Crippen molar-refractivity contribution in [3.63, 3.8) is 0 Å². The van der Waals surface area contributed by atoms with Crippen LogP contribution < -0.4 is 4.89 Å². The van der Waals surface area contributed by atoms with E-state index in [1.54, 1.807) is 12.2 Å². The van der Waals surface area contributed by atoms with Crippen LogP contribution in [-0.4, -0.2) is 109 Å². The summed E-state index contributed by atoms with van der Waals surface area (Å²) in [4.78, 5) is 50.5. The maximum Gasteiger partial charge on any atom is 0.306 e. The number of aliphatic hydroxyl groups excluding tert-OH is 3. The molecule has 1 saturated carbocycles. The third-order valence-electron chi connectivity index (χ3n) is 10.4. The van der Waals surface area contributed by atoms with Gasteiger partial charge in [-0.25, -0.2) is 0 Å². The molecule has 0 amide bonds. The van der Waals surface area contributed by atoms with Crippen molar-refractivity contribution in [3.8, 4) is 0 Å². The van der Waals surface area contributed by atoms with Crippen molar-refractivity contribution < 1.29 is 62.2 Å². The molecule has 1 aliphatic rings. The summed E-state index contributed by atoms with van der Waals surface area (Å²) in [5.41, 5.74) is 0. The second kappa shape index (κ2) is 31.8. The summed E-state index contributed by atoms with van der Waals surface area (Å²) in [6, 6.07) is 0. The smallest absolute Gasteiger partial charge is 0.306 e. The molecule has 338 valence electrons. The van der Waals surface area contributed by atoms with E-state index >= 15 is 0 Å². The highest BCUT2D eigenvalue weighted by molar-refractivity contribution is 7.45. The number of allylic oxidation sites excluding steroid dienone is 2. The Labute approximate surface area is 350 Å². The third kappa shape index (κ3) is 28.5. The fraction of sp³-hybridized carbons (Fsp3) is 0.841. The lowest BCUT2D eigenvalue weighted by molar-refractivity contribution is -0.870. The molecule has 7 atom stereocenters. The zero-order chi connectivity index (χ0) is 43.2. The van der Waals surface area contributed by atoms with Crippen LogP contribution in [-0.2, 0) is 37.5 Å². The largest absolute Gasteiger partial charge is 0.756 e. The molecule has 1 aliphatic carbocycles. The minimum atomic E-state index is -4.72. The fourth-order valence-electron chi connectivity index (χ4n) is 6.82. The number of carbonyl (C=O) groups is 3. The summed E-state index contributed by atoms with van der Waals surface area (Å²) >= 11 is 0. The van der Waals surface area contributed by atoms with Gasteiger partial charge in [0.15, 0.2) is 6.10 Å². The molecule has 1 fully saturated rings. The topological polar surface area (TPSA) is 189 Å². The van der Waals surface area contributed by atoms with E-state index in [0.29, 0.717) is 36.7 Å². The van der Waals surface area contributed by atoms with E-state index in [1.807, 2.05) is 21.1 Å². The van der Waals surface area contributed by atoms with Gasteiger partial charge in [0, 0.05) is 43.9 Å². The van der Waals surface area contributed by atoms with Gasteiger partial charge in [-0.3, -0.25) is 18.9 Å². The Kier molecular flexibility index (Phi) is 29.7. The standard InChI is InChI=1S/C44H80NO12P/c1-6-8-10-11-12-13-14-15-16-17-18-19-21-27-44(51)57-38(35-56-58(52,53)55-31-30-45(3,4)5)34-54-43(50)26-23-22-25-37(47)32-40-39(41(48)33-42(40)49)29-28-36(46)24-20-9-7-2/h13-14,28-29,36,38-42,46,48-49H,6-12,15-27,30-35H2,1-5H3/b14-13-,29-28+/t36-,38+,39+,40+,41+,42-/m0/s1. The Morgan fingerprint density at radius 1 is 0.776 bits per heavy atom. The Bertz CT molecular complexity index is 1220. The van der Waals surface area contributed by atoms with Crippen LogP contribution in [0.2, 0.25) is 0 Å². The van der Waals surface area contributed by atoms with E-state index < -0.39 is 69.2 Å². The normalized spacial score (nSPS) is 20.7. The van der Waals surface area contributed by atoms with Crippen LogP contribution >= 0.6 is 7.82 Å². The zero-order valence-corrected chi connectivity index (χ0v) is 37.5. The number of Topliss-reactive ketones (excluding diaryl/α,β-unsaturated/α-hetero) is 1. The Morgan fingerprint density at radius 2 is 1.36 bits per heavy atom. The molecule has 0 aliphatic heterocycles. The van der Waals surface area contributed by atoms with Crippen molar-refractivity contribution in [2.45, 2.75) is 180 Å². The molecule has 0 aromatic heterocycles. The van der Waals surface area contributed by atoms with Crippen LogP contribution in [0.15, 0.2) is 24.3 Å². The number of esters is 2. The molecule has 0 saturated heterocycles. The Balaban J connectivity index is 2.53. The van der Waals surface area contributed by atoms with Crippen molar-refractivity contribution in [3.05, 3.63) is 24.3 Å². The quantitative estimate of drug-likeness (QED) is 0.0188. The molecule has 14 heteroatoms. The number of likely N-dealkylation sites (N-methyl/N-ethyl adjacent to an activating group) is 1. The second-order valence-corrected chi connectivity index (χ2v) is 18.4. The number of aliphatic hydroxyl groups is 3. The number of rotatable bonds is 36. The summed E-state index contributed by atoms with van der Waals surface area (Å²) in [7, 11) is 0.957. The number of phosphoric acid groups is 1. The van der Waals surface area contributed by atoms with Gasteiger partial charge in [0.05, 0.1) is 46.1 Å². The van der Waals surface area contributed by atoms with Gasteiger partial charge in [0.25, 0.3) is 7.82 Å². The number of phosphoric ester groups is 1. The molecule has 1 unspecified atom stereocenters. The van der Waals surface area contributed by atoms with Gasteiger partial charge in [-0.15, -0.1) is 0 Å². The van der Waals surface area contributed by atoms with Gasteiger partial charge in [-0.05, 0) is 51.4 Å². The molecular formula is C44H80NO12P. The molecule has 58 heavy (non-hydrogen) atoms. The molecule has 0 spiro atoms. The van der Waals surface area contributed by atoms with Gasteiger partial charge >= 0.3 is 11.9 Å². The van der Waals surface area contributed by atoms with E-state index in [2.05, 4.69) is 26.0 Å². The molecule has 0 aromatic rings. The number of hydrogen-bond donors (Lipinski definition) is 3. The van der Waals surface area contributed by atoms with Crippen LogP contribution in [0.3, 0.4) is 0 Å². The predicted molar refractivity (Wildman–Crippen MR) is 224 cm³/mol. The summed E-state index contributed by atoms with van der Waals surface area (Å²) in [5.74, 6) is -2.12. The van der Waals surface area contributed by atoms with Crippen LogP contribution in [0, 0.1) is 11.8 Å². The first-order valence-corrected chi connectivity index (χ1v) is 23.7. The maximum absolute atomic E-state index is 12.8. The predicted octanol–water partition coefficient (Wildman–Crippen LogP) is 7.28. The van der Waals surface area contributed by atoms with Gasteiger partial charge in [-0.1, -0.05) is 95.9 Å². The Hall–Kier alpha value is -1.96. The van der Waals surface area contributed by atoms with Gasteiger partial charge in [0.2, 0.25) is 0 Å². The van der Waals surface area contributed by atoms with E-state index in [9.17, 15) is 39.2 Å². The fourth-order valence-corrected chi connectivity index (χ4v) is 7.55. The molecule has 0 bridgehead atoms. The van der Waals surface area contributed by atoms with Gasteiger partial charge < -0.3 is 43.2 Å². The van der Waals surface area contributed by atoms with Crippen molar-refractivity contribution in [2.75, 3.05) is 47.5 Å². The molecule has 0 radical (unpaired) electrons. The summed E-state index contributed by atoms with van der Waals surface area (Å²) in [6.07, 6.45) is 21.3. The lowest BCUT2D eigenvalue weighted by Crippen LogP contribution is -2.37. The Morgan fingerprint density at radius 3 is 2.03 bits per heavy atom. The number of nitrogens with zero attached hydrogens (tertiary/aromatic N) is 1. The highest BCUT2D eigenvalue weighted by Gasteiger charge is 2.41. The molecule has 3 N–H and O–H groups in total. The van der Waals surface area contributed by atoms with Gasteiger partial charge in [-0.2, -0.15) is 0 Å². The van der Waals surface area contributed by atoms with Crippen molar-refractivity contribution in [2.24, 2.45) is 11.8 Å². The molecule has 13 nitrogen and oxygen atoms in total. The first kappa shape index (κ1) is 54.1. The number of ketones is 1. The van der Waals surface area contributed by atoms with Crippen molar-refractivity contribution in [1.82, 2.24) is 0 Å². The van der Waals surface area contributed by atoms with Crippen molar-refractivity contribution in [1.29, 1.82) is 0 Å². The molecule has 0 aromatic carbocycles. The average Bonchev–Trinajstić information content (AvgIpc) is 3.41. The van der Waals surface area contributed by atoms with Crippen LogP contribution in [0.5, 0.6) is 0 Å². The van der Waals surface area contributed by atoms with E-state index in [4.69, 9.17) is 18.5 Å². The van der Waals surface area contributed by atoms with E-state index in [0.717, 1.165) is 57.8 Å². The molecule has 1 rings (SSSR count). The summed E-state index contributed by atoms with van der Waals surface area (Å²) in [6.45, 7) is 3.65. The third-order valence-corrected chi connectivity index (χ3v) is 11.4. The highest BCUT2D eigenvalue weighted by Crippen LogP contribution is 2.39. The average molecular weight is 846 g/mol. The van der Waals surface area contributed by atoms with E-state index in [1.165, 1.54) is 25.7 Å².